The van der Waals surface area contributed by atoms with E-state index in [1.54, 1.807) is 0 Å². The van der Waals surface area contributed by atoms with E-state index < -0.39 is 11.9 Å². The van der Waals surface area contributed by atoms with Crippen LogP contribution in [0.1, 0.15) is 0 Å². The molecule has 0 spiro atoms. The Hall–Kier alpha value is -0.740. The number of rotatable bonds is 1. The van der Waals surface area contributed by atoms with Gasteiger partial charge in [-0.15, -0.1) is 0 Å². The molecule has 0 aliphatic carbocycles. The first-order chi connectivity index (χ1) is 3.48. The Kier molecular flexibility index (Phi) is 1.83. The summed E-state index contributed by atoms with van der Waals surface area (Å²) in [6.45, 7) is 2.22. The molecule has 0 aromatic heterocycles. The van der Waals surface area contributed by atoms with Crippen LogP contribution < -0.4 is 0 Å². The van der Waals surface area contributed by atoms with E-state index in [2.05, 4.69) is 11.5 Å². The Morgan fingerprint density at radius 1 is 1.38 bits per heavy atom. The van der Waals surface area contributed by atoms with Crippen molar-refractivity contribution < 1.29 is 22.6 Å². The van der Waals surface area contributed by atoms with Crippen molar-refractivity contribution in [2.75, 3.05) is 0 Å². The van der Waals surface area contributed by atoms with Crippen LogP contribution in [0, 0.1) is 0 Å². The van der Waals surface area contributed by atoms with E-state index in [4.69, 9.17) is 0 Å². The maximum absolute atomic E-state index is 11.0. The standard InChI is InChI=1S/C3H2F4O/c1-2(8-7)3(4,5)6/h1H2. The SMILES string of the molecule is C=C(OF)C(F)(F)F. The Bertz CT molecular complexity index is 93.9. The topological polar surface area (TPSA) is 9.23 Å². The molecule has 0 aliphatic rings. The lowest BCUT2D eigenvalue weighted by Crippen LogP contribution is -2.10. The summed E-state index contributed by atoms with van der Waals surface area (Å²) in [5.74, 6) is -1.84. The van der Waals surface area contributed by atoms with Gasteiger partial charge in [0.2, 0.25) is 5.76 Å². The minimum Gasteiger partial charge on any atom is -0.290 e. The molecule has 0 saturated carbocycles. The first-order valence-corrected chi connectivity index (χ1v) is 1.53. The second kappa shape index (κ2) is 2.02. The molecule has 0 N–H and O–H groups in total. The lowest BCUT2D eigenvalue weighted by Gasteiger charge is -2.01. The van der Waals surface area contributed by atoms with E-state index >= 15 is 0 Å². The van der Waals surface area contributed by atoms with E-state index in [1.165, 1.54) is 0 Å². The molecule has 48 valence electrons. The Morgan fingerprint density at radius 2 is 1.75 bits per heavy atom. The van der Waals surface area contributed by atoms with E-state index in [0.29, 0.717) is 0 Å². The van der Waals surface area contributed by atoms with Crippen LogP contribution in [-0.2, 0) is 4.94 Å². The highest BCUT2D eigenvalue weighted by Crippen LogP contribution is 2.24. The number of allylic oxidation sites excluding steroid dienone is 1. The lowest BCUT2D eigenvalue weighted by atomic mass is 10.6. The molecule has 0 radical (unpaired) electrons. The first-order valence-electron chi connectivity index (χ1n) is 1.53. The molecule has 0 fully saturated rings. The molecule has 0 bridgehead atoms. The largest absolute Gasteiger partial charge is 0.452 e. The van der Waals surface area contributed by atoms with Crippen molar-refractivity contribution in [2.24, 2.45) is 0 Å². The fourth-order valence-electron chi connectivity index (χ4n) is 0.0437. The number of alkyl halides is 3. The van der Waals surface area contributed by atoms with Gasteiger partial charge in [0.25, 0.3) is 0 Å². The van der Waals surface area contributed by atoms with Crippen molar-refractivity contribution in [1.82, 2.24) is 0 Å². The minimum atomic E-state index is -4.78. The first kappa shape index (κ1) is 7.26. The van der Waals surface area contributed by atoms with Crippen LogP contribution in [0.5, 0.6) is 0 Å². The molecule has 0 atom stereocenters. The average Bonchev–Trinajstić information content (AvgIpc) is 1.62. The Balaban J connectivity index is 3.82. The van der Waals surface area contributed by atoms with Crippen LogP contribution in [0.15, 0.2) is 12.3 Å². The molecular weight excluding hydrogens is 128 g/mol. The predicted octanol–water partition coefficient (Wildman–Crippen LogP) is 1.96. The molecule has 0 aromatic rings. The summed E-state index contributed by atoms with van der Waals surface area (Å²) in [6.07, 6.45) is -4.78. The highest BCUT2D eigenvalue weighted by molar-refractivity contribution is 4.89. The van der Waals surface area contributed by atoms with Gasteiger partial charge >= 0.3 is 6.18 Å². The normalized spacial score (nSPS) is 11.0. The van der Waals surface area contributed by atoms with Gasteiger partial charge in [0.05, 0.1) is 0 Å². The van der Waals surface area contributed by atoms with Gasteiger partial charge < -0.3 is 0 Å². The average molecular weight is 130 g/mol. The van der Waals surface area contributed by atoms with E-state index in [1.807, 2.05) is 0 Å². The molecule has 1 nitrogen and oxygen atoms in total. The van der Waals surface area contributed by atoms with Gasteiger partial charge in [-0.3, -0.25) is 4.94 Å². The van der Waals surface area contributed by atoms with Crippen LogP contribution >= 0.6 is 0 Å². The third kappa shape index (κ3) is 1.81. The fourth-order valence-corrected chi connectivity index (χ4v) is 0.0437. The predicted molar refractivity (Wildman–Crippen MR) is 17.4 cm³/mol. The van der Waals surface area contributed by atoms with Gasteiger partial charge in [-0.25, -0.2) is 0 Å². The highest BCUT2D eigenvalue weighted by atomic mass is 19.4. The Morgan fingerprint density at radius 3 is 1.75 bits per heavy atom. The van der Waals surface area contributed by atoms with Crippen LogP contribution in [0.3, 0.4) is 0 Å². The van der Waals surface area contributed by atoms with Crippen molar-refractivity contribution in [3.05, 3.63) is 12.3 Å². The molecule has 0 amide bonds. The molecule has 0 saturated heterocycles. The van der Waals surface area contributed by atoms with Crippen LogP contribution in [0.2, 0.25) is 0 Å². The van der Waals surface area contributed by atoms with Gasteiger partial charge in [-0.1, -0.05) is 0 Å². The monoisotopic (exact) mass is 130 g/mol. The smallest absolute Gasteiger partial charge is 0.290 e. The third-order valence-corrected chi connectivity index (χ3v) is 0.409. The molecule has 0 heterocycles. The maximum Gasteiger partial charge on any atom is 0.452 e. The maximum atomic E-state index is 11.0. The lowest BCUT2D eigenvalue weighted by molar-refractivity contribution is -0.193. The quantitative estimate of drug-likeness (QED) is 0.389. The van der Waals surface area contributed by atoms with Gasteiger partial charge in [-0.05, 0) is 6.58 Å². The summed E-state index contributed by atoms with van der Waals surface area (Å²) in [7, 11) is 0. The summed E-state index contributed by atoms with van der Waals surface area (Å²) in [6, 6.07) is 0. The van der Waals surface area contributed by atoms with Crippen LogP contribution in [0.4, 0.5) is 17.7 Å². The van der Waals surface area contributed by atoms with E-state index in [9.17, 15) is 17.7 Å². The summed E-state index contributed by atoms with van der Waals surface area (Å²) >= 11 is 0. The van der Waals surface area contributed by atoms with Crippen molar-refractivity contribution in [2.45, 2.75) is 6.18 Å². The summed E-state index contributed by atoms with van der Waals surface area (Å²) < 4.78 is 43.5. The Labute approximate surface area is 42.5 Å². The molecule has 0 aliphatic heterocycles. The van der Waals surface area contributed by atoms with Crippen molar-refractivity contribution >= 4 is 0 Å². The minimum absolute atomic E-state index is 1.84. The molecule has 8 heavy (non-hydrogen) atoms. The zero-order valence-electron chi connectivity index (χ0n) is 3.63. The number of halogens is 4. The zero-order chi connectivity index (χ0) is 6.78. The second-order valence-corrected chi connectivity index (χ2v) is 0.998. The number of hydrogen-bond acceptors (Lipinski definition) is 1. The van der Waals surface area contributed by atoms with Crippen LogP contribution in [-0.4, -0.2) is 6.18 Å². The van der Waals surface area contributed by atoms with Gasteiger partial charge in [-0.2, -0.15) is 13.2 Å². The summed E-state index contributed by atoms with van der Waals surface area (Å²) in [5, 5.41) is 0. The van der Waals surface area contributed by atoms with Gasteiger partial charge in [0, 0.05) is 4.53 Å². The van der Waals surface area contributed by atoms with Crippen molar-refractivity contribution in [3.8, 4) is 0 Å². The van der Waals surface area contributed by atoms with E-state index in [-0.39, 0.29) is 0 Å². The molecule has 0 aromatic carbocycles. The van der Waals surface area contributed by atoms with E-state index in [0.717, 1.165) is 0 Å². The highest BCUT2D eigenvalue weighted by Gasteiger charge is 2.35. The van der Waals surface area contributed by atoms with Crippen molar-refractivity contribution in [3.63, 3.8) is 0 Å². The van der Waals surface area contributed by atoms with Gasteiger partial charge in [0.1, 0.15) is 0 Å². The molecular formula is C3H2F4O. The van der Waals surface area contributed by atoms with Crippen LogP contribution in [0.25, 0.3) is 0 Å². The van der Waals surface area contributed by atoms with Gasteiger partial charge in [0.15, 0.2) is 0 Å². The summed E-state index contributed by atoms with van der Waals surface area (Å²) in [5.41, 5.74) is 0. The molecule has 5 heteroatoms. The molecule has 0 unspecified atom stereocenters. The fraction of sp³-hybridized carbons (Fsp3) is 0.333. The third-order valence-electron chi connectivity index (χ3n) is 0.409. The summed E-state index contributed by atoms with van der Waals surface area (Å²) in [4.78, 5) is 2.30. The number of hydrogen-bond donors (Lipinski definition) is 0. The second-order valence-electron chi connectivity index (χ2n) is 0.998. The van der Waals surface area contributed by atoms with Crippen molar-refractivity contribution in [1.29, 1.82) is 0 Å². The molecule has 0 rings (SSSR count). The zero-order valence-corrected chi connectivity index (χ0v) is 3.63.